The standard InChI is InChI=1S/C18H18FN3OS2/c1-10-11(2)25-18-16(10)17(20-12(3)21-18)24-9-8-15(23)22-14-6-4-13(19)5-7-14/h4-7H,8-9H2,1-3H3,(H,22,23). The highest BCUT2D eigenvalue weighted by atomic mass is 32.2. The number of fused-ring (bicyclic) bond motifs is 1. The lowest BCUT2D eigenvalue weighted by Crippen LogP contribution is -2.12. The molecule has 0 radical (unpaired) electrons. The second kappa shape index (κ2) is 7.49. The van der Waals surface area contributed by atoms with E-state index in [0.717, 1.165) is 21.1 Å². The first-order valence-electron chi connectivity index (χ1n) is 7.86. The van der Waals surface area contributed by atoms with Crippen molar-refractivity contribution in [1.29, 1.82) is 0 Å². The van der Waals surface area contributed by atoms with Crippen LogP contribution in [0.4, 0.5) is 10.1 Å². The van der Waals surface area contributed by atoms with Crippen molar-refractivity contribution < 1.29 is 9.18 Å². The van der Waals surface area contributed by atoms with Crippen LogP contribution in [0.15, 0.2) is 29.3 Å². The van der Waals surface area contributed by atoms with Gasteiger partial charge < -0.3 is 5.32 Å². The average Bonchev–Trinajstić information content (AvgIpc) is 2.84. The van der Waals surface area contributed by atoms with Crippen LogP contribution in [0, 0.1) is 26.6 Å². The number of benzene rings is 1. The number of aryl methyl sites for hydroxylation is 3. The van der Waals surface area contributed by atoms with E-state index in [1.54, 1.807) is 35.2 Å². The number of anilines is 1. The summed E-state index contributed by atoms with van der Waals surface area (Å²) in [5.74, 6) is 0.942. The Morgan fingerprint density at radius 2 is 1.92 bits per heavy atom. The van der Waals surface area contributed by atoms with E-state index in [9.17, 15) is 9.18 Å². The largest absolute Gasteiger partial charge is 0.326 e. The molecule has 0 aliphatic heterocycles. The number of thioether (sulfide) groups is 1. The molecule has 1 N–H and O–H groups in total. The van der Waals surface area contributed by atoms with Gasteiger partial charge in [-0.2, -0.15) is 0 Å². The van der Waals surface area contributed by atoms with Crippen LogP contribution in [0.2, 0.25) is 0 Å². The summed E-state index contributed by atoms with van der Waals surface area (Å²) in [4.78, 5) is 23.3. The number of nitrogens with one attached hydrogen (secondary N) is 1. The van der Waals surface area contributed by atoms with Crippen LogP contribution in [0.1, 0.15) is 22.7 Å². The lowest BCUT2D eigenvalue weighted by Gasteiger charge is -2.06. The Morgan fingerprint density at radius 3 is 2.64 bits per heavy atom. The Kier molecular flexibility index (Phi) is 5.34. The highest BCUT2D eigenvalue weighted by Crippen LogP contribution is 2.35. The zero-order chi connectivity index (χ0) is 18.0. The van der Waals surface area contributed by atoms with Gasteiger partial charge in [0.2, 0.25) is 5.91 Å². The van der Waals surface area contributed by atoms with E-state index in [-0.39, 0.29) is 11.7 Å². The van der Waals surface area contributed by atoms with Gasteiger partial charge in [0.1, 0.15) is 21.5 Å². The summed E-state index contributed by atoms with van der Waals surface area (Å²) in [6.07, 6.45) is 0.356. The zero-order valence-electron chi connectivity index (χ0n) is 14.2. The van der Waals surface area contributed by atoms with Crippen LogP contribution < -0.4 is 5.32 Å². The van der Waals surface area contributed by atoms with Crippen molar-refractivity contribution in [3.63, 3.8) is 0 Å². The number of amides is 1. The van der Waals surface area contributed by atoms with Gasteiger partial charge in [0.05, 0.1) is 0 Å². The van der Waals surface area contributed by atoms with Crippen molar-refractivity contribution in [3.8, 4) is 0 Å². The maximum absolute atomic E-state index is 12.9. The molecule has 1 aromatic carbocycles. The summed E-state index contributed by atoms with van der Waals surface area (Å²) in [5.41, 5.74) is 1.80. The minimum absolute atomic E-state index is 0.0978. The summed E-state index contributed by atoms with van der Waals surface area (Å²) in [6, 6.07) is 5.75. The summed E-state index contributed by atoms with van der Waals surface area (Å²) in [7, 11) is 0. The molecule has 2 aromatic heterocycles. The first-order valence-corrected chi connectivity index (χ1v) is 9.67. The number of hydrogen-bond donors (Lipinski definition) is 1. The predicted molar refractivity (Wildman–Crippen MR) is 102 cm³/mol. The smallest absolute Gasteiger partial charge is 0.225 e. The average molecular weight is 375 g/mol. The SMILES string of the molecule is Cc1nc(SCCC(=O)Nc2ccc(F)cc2)c2c(C)c(C)sc2n1. The van der Waals surface area contributed by atoms with Gasteiger partial charge in [0.25, 0.3) is 0 Å². The molecule has 0 spiro atoms. The third-order valence-corrected chi connectivity index (χ3v) is 5.88. The number of rotatable bonds is 5. The predicted octanol–water partition coefficient (Wildman–Crippen LogP) is 4.88. The van der Waals surface area contributed by atoms with E-state index in [0.29, 0.717) is 17.9 Å². The molecule has 0 unspecified atom stereocenters. The molecule has 7 heteroatoms. The maximum Gasteiger partial charge on any atom is 0.225 e. The fourth-order valence-electron chi connectivity index (χ4n) is 2.42. The van der Waals surface area contributed by atoms with E-state index in [4.69, 9.17) is 0 Å². The van der Waals surface area contributed by atoms with Gasteiger partial charge in [-0.15, -0.1) is 23.1 Å². The topological polar surface area (TPSA) is 54.9 Å². The Hall–Kier alpha value is -1.99. The van der Waals surface area contributed by atoms with Crippen LogP contribution in [0.25, 0.3) is 10.2 Å². The van der Waals surface area contributed by atoms with Crippen LogP contribution in [0.5, 0.6) is 0 Å². The Balaban J connectivity index is 1.65. The zero-order valence-corrected chi connectivity index (χ0v) is 15.9. The molecule has 0 saturated carbocycles. The highest BCUT2D eigenvalue weighted by molar-refractivity contribution is 7.99. The molecule has 0 aliphatic carbocycles. The fourth-order valence-corrected chi connectivity index (χ4v) is 4.63. The molecule has 1 amide bonds. The first kappa shape index (κ1) is 17.8. The third kappa shape index (κ3) is 4.16. The van der Waals surface area contributed by atoms with Crippen LogP contribution in [-0.2, 0) is 4.79 Å². The van der Waals surface area contributed by atoms with Crippen molar-refractivity contribution in [3.05, 3.63) is 46.3 Å². The summed E-state index contributed by atoms with van der Waals surface area (Å²) < 4.78 is 12.9. The number of hydrogen-bond acceptors (Lipinski definition) is 5. The van der Waals surface area contributed by atoms with Gasteiger partial charge in [-0.25, -0.2) is 14.4 Å². The lowest BCUT2D eigenvalue weighted by molar-refractivity contribution is -0.115. The van der Waals surface area contributed by atoms with Crippen molar-refractivity contribution in [1.82, 2.24) is 9.97 Å². The Labute approximate surface area is 153 Å². The second-order valence-corrected chi connectivity index (χ2v) is 7.98. The number of halogens is 1. The first-order chi connectivity index (χ1) is 11.9. The van der Waals surface area contributed by atoms with Crippen molar-refractivity contribution in [2.75, 3.05) is 11.1 Å². The lowest BCUT2D eigenvalue weighted by atomic mass is 10.2. The molecule has 0 aliphatic rings. The third-order valence-electron chi connectivity index (χ3n) is 3.80. The van der Waals surface area contributed by atoms with Gasteiger partial charge in [0.15, 0.2) is 0 Å². The van der Waals surface area contributed by atoms with E-state index in [1.165, 1.54) is 22.6 Å². The molecule has 4 nitrogen and oxygen atoms in total. The van der Waals surface area contributed by atoms with Gasteiger partial charge in [-0.05, 0) is 50.6 Å². The summed E-state index contributed by atoms with van der Waals surface area (Å²) in [6.45, 7) is 6.05. The van der Waals surface area contributed by atoms with E-state index in [2.05, 4.69) is 29.1 Å². The van der Waals surface area contributed by atoms with Crippen LogP contribution in [0.3, 0.4) is 0 Å². The number of thiophene rings is 1. The molecule has 2 heterocycles. The van der Waals surface area contributed by atoms with Crippen molar-refractivity contribution in [2.24, 2.45) is 0 Å². The number of nitrogens with zero attached hydrogens (tertiary/aromatic N) is 2. The van der Waals surface area contributed by atoms with E-state index in [1.807, 2.05) is 6.92 Å². The molecular weight excluding hydrogens is 357 g/mol. The summed E-state index contributed by atoms with van der Waals surface area (Å²) >= 11 is 3.24. The monoisotopic (exact) mass is 375 g/mol. The van der Waals surface area contributed by atoms with E-state index < -0.39 is 0 Å². The Morgan fingerprint density at radius 1 is 1.20 bits per heavy atom. The minimum Gasteiger partial charge on any atom is -0.326 e. The maximum atomic E-state index is 12.9. The molecular formula is C18H18FN3OS2. The number of carbonyl (C=O) groups is 1. The van der Waals surface area contributed by atoms with Crippen LogP contribution >= 0.6 is 23.1 Å². The number of carbonyl (C=O) groups excluding carboxylic acids is 1. The van der Waals surface area contributed by atoms with Crippen molar-refractivity contribution in [2.45, 2.75) is 32.2 Å². The molecule has 3 aromatic rings. The fraction of sp³-hybridized carbons (Fsp3) is 0.278. The normalized spacial score (nSPS) is 11.0. The molecule has 130 valence electrons. The molecule has 3 rings (SSSR count). The molecule has 25 heavy (non-hydrogen) atoms. The van der Waals surface area contributed by atoms with E-state index >= 15 is 0 Å². The molecule has 0 atom stereocenters. The summed E-state index contributed by atoms with van der Waals surface area (Å²) in [5, 5.41) is 4.79. The van der Waals surface area contributed by atoms with Gasteiger partial charge in [-0.1, -0.05) is 0 Å². The van der Waals surface area contributed by atoms with Crippen molar-refractivity contribution >= 4 is 44.9 Å². The van der Waals surface area contributed by atoms with Gasteiger partial charge in [-0.3, -0.25) is 4.79 Å². The second-order valence-electron chi connectivity index (χ2n) is 5.69. The molecule has 0 fully saturated rings. The quantitative estimate of drug-likeness (QED) is 0.510. The Bertz CT molecular complexity index is 922. The molecule has 0 bridgehead atoms. The van der Waals surface area contributed by atoms with Gasteiger partial charge >= 0.3 is 0 Å². The van der Waals surface area contributed by atoms with Crippen LogP contribution in [-0.4, -0.2) is 21.6 Å². The minimum atomic E-state index is -0.321. The highest BCUT2D eigenvalue weighted by Gasteiger charge is 2.14. The van der Waals surface area contributed by atoms with Gasteiger partial charge in [0, 0.05) is 28.1 Å². The number of aromatic nitrogens is 2. The molecule has 0 saturated heterocycles.